The topological polar surface area (TPSA) is 28.2 Å². The Hall–Kier alpha value is -1.45. The Morgan fingerprint density at radius 1 is 1.26 bits per heavy atom. The van der Waals surface area contributed by atoms with Gasteiger partial charge in [-0.2, -0.15) is 0 Å². The van der Waals surface area contributed by atoms with E-state index in [1.54, 1.807) is 0 Å². The van der Waals surface area contributed by atoms with Crippen molar-refractivity contribution in [1.82, 2.24) is 15.2 Å². The maximum atomic E-state index is 4.43. The van der Waals surface area contributed by atoms with Crippen LogP contribution in [0.1, 0.15) is 19.4 Å². The fourth-order valence-corrected chi connectivity index (χ4v) is 2.92. The molecule has 0 amide bonds. The Morgan fingerprint density at radius 3 is 2.95 bits per heavy atom. The summed E-state index contributed by atoms with van der Waals surface area (Å²) in [5.41, 5.74) is 2.68. The van der Waals surface area contributed by atoms with Gasteiger partial charge in [0.15, 0.2) is 0 Å². The van der Waals surface area contributed by atoms with Gasteiger partial charge in [-0.1, -0.05) is 18.2 Å². The summed E-state index contributed by atoms with van der Waals surface area (Å²) < 4.78 is 0. The van der Waals surface area contributed by atoms with E-state index < -0.39 is 0 Å². The van der Waals surface area contributed by atoms with Crippen LogP contribution in [0.25, 0.3) is 10.9 Å². The maximum Gasteiger partial charge on any atom is 0.0705 e. The van der Waals surface area contributed by atoms with Gasteiger partial charge in [-0.3, -0.25) is 9.88 Å². The van der Waals surface area contributed by atoms with Crippen molar-refractivity contribution in [2.24, 2.45) is 0 Å². The first-order valence-corrected chi connectivity index (χ1v) is 6.94. The van der Waals surface area contributed by atoms with Crippen molar-refractivity contribution < 1.29 is 0 Å². The number of hydrogen-bond acceptors (Lipinski definition) is 3. The van der Waals surface area contributed by atoms with Crippen molar-refractivity contribution in [3.8, 4) is 0 Å². The second-order valence-electron chi connectivity index (χ2n) is 6.01. The van der Waals surface area contributed by atoms with Crippen molar-refractivity contribution in [2.45, 2.75) is 25.9 Å². The second-order valence-corrected chi connectivity index (χ2v) is 6.01. The molecule has 3 heteroatoms. The summed E-state index contributed by atoms with van der Waals surface area (Å²) in [5, 5.41) is 4.84. The van der Waals surface area contributed by atoms with Gasteiger partial charge >= 0.3 is 0 Å². The van der Waals surface area contributed by atoms with Crippen molar-refractivity contribution >= 4 is 10.9 Å². The lowest BCUT2D eigenvalue weighted by atomic mass is 10.0. The van der Waals surface area contributed by atoms with E-state index in [0.29, 0.717) is 0 Å². The first-order chi connectivity index (χ1) is 9.14. The smallest absolute Gasteiger partial charge is 0.0705 e. The predicted molar refractivity (Wildman–Crippen MR) is 79.1 cm³/mol. The summed E-state index contributed by atoms with van der Waals surface area (Å²) in [6.45, 7) is 8.81. The van der Waals surface area contributed by atoms with E-state index in [1.165, 1.54) is 10.9 Å². The molecule has 0 radical (unpaired) electrons. The Morgan fingerprint density at radius 2 is 2.11 bits per heavy atom. The molecule has 3 rings (SSSR count). The summed E-state index contributed by atoms with van der Waals surface area (Å²) >= 11 is 0. The molecule has 1 aliphatic rings. The molecule has 0 aliphatic carbocycles. The fraction of sp³-hybridized carbons (Fsp3) is 0.438. The van der Waals surface area contributed by atoms with Crippen LogP contribution in [0.15, 0.2) is 36.5 Å². The van der Waals surface area contributed by atoms with E-state index in [1.807, 2.05) is 12.3 Å². The number of para-hydroxylation sites is 1. The Balaban J connectivity index is 1.85. The molecule has 1 fully saturated rings. The van der Waals surface area contributed by atoms with Gasteiger partial charge in [-0.25, -0.2) is 0 Å². The van der Waals surface area contributed by atoms with Crippen LogP contribution >= 0.6 is 0 Å². The molecule has 0 atom stereocenters. The molecule has 1 N–H and O–H groups in total. The number of benzene rings is 1. The lowest BCUT2D eigenvalue weighted by molar-refractivity contribution is 0.149. The highest BCUT2D eigenvalue weighted by atomic mass is 15.2. The molecule has 3 nitrogen and oxygen atoms in total. The summed E-state index contributed by atoms with van der Waals surface area (Å²) in [7, 11) is 0. The third kappa shape index (κ3) is 2.77. The maximum absolute atomic E-state index is 4.43. The molecule has 0 saturated carbocycles. The number of pyridine rings is 1. The lowest BCUT2D eigenvalue weighted by Gasteiger charge is -2.39. The highest BCUT2D eigenvalue weighted by Crippen LogP contribution is 2.20. The van der Waals surface area contributed by atoms with E-state index in [-0.39, 0.29) is 5.54 Å². The minimum absolute atomic E-state index is 0.209. The normalized spacial score (nSPS) is 19.7. The van der Waals surface area contributed by atoms with Crippen LogP contribution in [0, 0.1) is 0 Å². The van der Waals surface area contributed by atoms with Crippen LogP contribution in [0.5, 0.6) is 0 Å². The second kappa shape index (κ2) is 4.91. The average molecular weight is 255 g/mol. The van der Waals surface area contributed by atoms with E-state index in [4.69, 9.17) is 0 Å². The zero-order chi connectivity index (χ0) is 13.3. The number of fused-ring (bicyclic) bond motifs is 1. The van der Waals surface area contributed by atoms with Crippen LogP contribution in [0.4, 0.5) is 0 Å². The van der Waals surface area contributed by atoms with E-state index in [0.717, 1.165) is 31.7 Å². The fourth-order valence-electron chi connectivity index (χ4n) is 2.92. The van der Waals surface area contributed by atoms with Crippen molar-refractivity contribution in [3.05, 3.63) is 42.1 Å². The third-order valence-corrected chi connectivity index (χ3v) is 3.78. The van der Waals surface area contributed by atoms with Crippen molar-refractivity contribution in [1.29, 1.82) is 0 Å². The number of piperazine rings is 1. The predicted octanol–water partition coefficient (Wildman–Crippen LogP) is 2.42. The van der Waals surface area contributed by atoms with Crippen molar-refractivity contribution in [3.63, 3.8) is 0 Å². The minimum atomic E-state index is 0.209. The first-order valence-electron chi connectivity index (χ1n) is 6.94. The quantitative estimate of drug-likeness (QED) is 0.893. The van der Waals surface area contributed by atoms with Gasteiger partial charge < -0.3 is 5.32 Å². The van der Waals surface area contributed by atoms with E-state index in [2.05, 4.69) is 53.3 Å². The zero-order valence-electron chi connectivity index (χ0n) is 11.7. The van der Waals surface area contributed by atoms with Gasteiger partial charge in [0.2, 0.25) is 0 Å². The molecule has 0 unspecified atom stereocenters. The summed E-state index contributed by atoms with van der Waals surface area (Å²) in [5.74, 6) is 0. The van der Waals surface area contributed by atoms with Gasteiger partial charge in [-0.15, -0.1) is 0 Å². The monoisotopic (exact) mass is 255 g/mol. The average Bonchev–Trinajstić information content (AvgIpc) is 2.38. The molecule has 2 aromatic rings. The van der Waals surface area contributed by atoms with Gasteiger partial charge in [0.1, 0.15) is 0 Å². The number of nitrogens with one attached hydrogen (secondary N) is 1. The zero-order valence-corrected chi connectivity index (χ0v) is 11.7. The molecule has 1 aliphatic heterocycles. The molecule has 2 heterocycles. The molecule has 1 aromatic carbocycles. The summed E-state index contributed by atoms with van der Waals surface area (Å²) in [4.78, 5) is 6.96. The van der Waals surface area contributed by atoms with Crippen LogP contribution in [-0.4, -0.2) is 35.1 Å². The van der Waals surface area contributed by atoms with Crippen LogP contribution in [0.3, 0.4) is 0 Å². The Bertz CT molecular complexity index is 572. The van der Waals surface area contributed by atoms with Gasteiger partial charge in [0.05, 0.1) is 5.52 Å². The van der Waals surface area contributed by atoms with Gasteiger partial charge in [0, 0.05) is 43.3 Å². The van der Waals surface area contributed by atoms with Gasteiger partial charge in [0.25, 0.3) is 0 Å². The third-order valence-electron chi connectivity index (χ3n) is 3.78. The molecular formula is C16H21N3. The summed E-state index contributed by atoms with van der Waals surface area (Å²) in [6.07, 6.45) is 1.92. The molecule has 0 bridgehead atoms. The molecule has 1 saturated heterocycles. The molecular weight excluding hydrogens is 234 g/mol. The number of aromatic nitrogens is 1. The van der Waals surface area contributed by atoms with Crippen LogP contribution in [0.2, 0.25) is 0 Å². The standard InChI is InChI=1S/C16H21N3/c1-16(2)12-19(10-9-18-16)11-13-7-8-17-15-6-4-3-5-14(13)15/h3-8,18H,9-12H2,1-2H3. The minimum Gasteiger partial charge on any atom is -0.309 e. The molecule has 100 valence electrons. The van der Waals surface area contributed by atoms with E-state index >= 15 is 0 Å². The van der Waals surface area contributed by atoms with Crippen LogP contribution in [-0.2, 0) is 6.54 Å². The Labute approximate surface area is 114 Å². The van der Waals surface area contributed by atoms with Gasteiger partial charge in [-0.05, 0) is 31.5 Å². The Kier molecular flexibility index (Phi) is 3.25. The molecule has 19 heavy (non-hydrogen) atoms. The van der Waals surface area contributed by atoms with Crippen LogP contribution < -0.4 is 5.32 Å². The molecule has 1 aromatic heterocycles. The highest BCUT2D eigenvalue weighted by Gasteiger charge is 2.25. The molecule has 0 spiro atoms. The first kappa shape index (κ1) is 12.6. The van der Waals surface area contributed by atoms with Crippen molar-refractivity contribution in [2.75, 3.05) is 19.6 Å². The largest absolute Gasteiger partial charge is 0.309 e. The number of nitrogens with zero attached hydrogens (tertiary/aromatic N) is 2. The van der Waals surface area contributed by atoms with E-state index in [9.17, 15) is 0 Å². The highest BCUT2D eigenvalue weighted by molar-refractivity contribution is 5.81. The summed E-state index contributed by atoms with van der Waals surface area (Å²) in [6, 6.07) is 10.5. The number of rotatable bonds is 2. The SMILES string of the molecule is CC1(C)CN(Cc2ccnc3ccccc23)CCN1. The lowest BCUT2D eigenvalue weighted by Crippen LogP contribution is -2.56. The number of hydrogen-bond donors (Lipinski definition) is 1.